The van der Waals surface area contributed by atoms with Crippen LogP contribution in [0, 0.1) is 5.92 Å². The maximum absolute atomic E-state index is 11.9. The van der Waals surface area contributed by atoms with Gasteiger partial charge in [0.2, 0.25) is 0 Å². The zero-order valence-corrected chi connectivity index (χ0v) is 27.6. The Morgan fingerprint density at radius 3 is 1.07 bits per heavy atom. The second kappa shape index (κ2) is 29.7. The number of carbonyl (C=O) groups excluding carboxylic acids is 1. The fraction of sp³-hybridized carbons (Fsp3) is 0.921. The summed E-state index contributed by atoms with van der Waals surface area (Å²) in [6.45, 7) is 4.59. The third-order valence-electron chi connectivity index (χ3n) is 9.10. The zero-order chi connectivity index (χ0) is 28.8. The quantitative estimate of drug-likeness (QED) is 0.0604. The number of unbranched alkanes of at least 4 members (excludes halogenated alkanes) is 29. The van der Waals surface area contributed by atoms with Crippen LogP contribution in [-0.4, -0.2) is 5.97 Å². The van der Waals surface area contributed by atoms with Crippen molar-refractivity contribution in [1.82, 2.24) is 0 Å². The molecular formula is C38H72O2. The lowest BCUT2D eigenvalue weighted by Gasteiger charge is -2.28. The number of hydrogen-bond donors (Lipinski definition) is 0. The van der Waals surface area contributed by atoms with E-state index in [2.05, 4.69) is 19.9 Å². The van der Waals surface area contributed by atoms with Crippen LogP contribution in [0.4, 0.5) is 0 Å². The topological polar surface area (TPSA) is 26.3 Å². The van der Waals surface area contributed by atoms with Gasteiger partial charge in [0.15, 0.2) is 0 Å². The van der Waals surface area contributed by atoms with Crippen molar-refractivity contribution >= 4 is 5.97 Å². The third kappa shape index (κ3) is 22.8. The predicted molar refractivity (Wildman–Crippen MR) is 177 cm³/mol. The van der Waals surface area contributed by atoms with Crippen LogP contribution in [0.2, 0.25) is 0 Å². The molecule has 1 rings (SSSR count). The maximum Gasteiger partial charge on any atom is 0.321 e. The van der Waals surface area contributed by atoms with Crippen LogP contribution in [0.3, 0.4) is 0 Å². The van der Waals surface area contributed by atoms with Gasteiger partial charge in [-0.3, -0.25) is 4.79 Å². The summed E-state index contributed by atoms with van der Waals surface area (Å²) in [6, 6.07) is 0. The molecule has 1 saturated heterocycles. The Bertz CT molecular complexity index is 566. The molecule has 0 aromatic rings. The average Bonchev–Trinajstić information content (AvgIpc) is 2.96. The molecule has 1 aliphatic heterocycles. The molecule has 1 heterocycles. The third-order valence-corrected chi connectivity index (χ3v) is 9.10. The standard InChI is InChI=1S/C38H72O2/c1-3-5-7-9-11-13-15-17-19-21-23-25-27-29-31-33-35-37-36(38(39)40-37)34-32-30-28-26-24-22-20-18-16-14-12-10-8-6-4-2/h35-36H,3-34H2,1-2H3/b37-35-. The highest BCUT2D eigenvalue weighted by Crippen LogP contribution is 2.32. The van der Waals surface area contributed by atoms with Crippen LogP contribution in [-0.2, 0) is 9.53 Å². The van der Waals surface area contributed by atoms with Gasteiger partial charge < -0.3 is 4.74 Å². The first kappa shape index (κ1) is 37.2. The van der Waals surface area contributed by atoms with Gasteiger partial charge in [0.05, 0.1) is 0 Å². The van der Waals surface area contributed by atoms with Crippen molar-refractivity contribution in [2.24, 2.45) is 5.92 Å². The van der Waals surface area contributed by atoms with Crippen molar-refractivity contribution in [2.75, 3.05) is 0 Å². The Balaban J connectivity index is 1.83. The predicted octanol–water partition coefficient (Wildman–Crippen LogP) is 13.6. The van der Waals surface area contributed by atoms with Crippen molar-refractivity contribution in [3.05, 3.63) is 11.8 Å². The van der Waals surface area contributed by atoms with Crippen molar-refractivity contribution < 1.29 is 9.53 Å². The van der Waals surface area contributed by atoms with E-state index in [9.17, 15) is 4.79 Å². The lowest BCUT2D eigenvalue weighted by molar-refractivity contribution is -0.157. The normalized spacial score (nSPS) is 16.0. The van der Waals surface area contributed by atoms with E-state index >= 15 is 0 Å². The van der Waals surface area contributed by atoms with Crippen LogP contribution < -0.4 is 0 Å². The zero-order valence-electron chi connectivity index (χ0n) is 27.6. The van der Waals surface area contributed by atoms with Crippen molar-refractivity contribution in [3.8, 4) is 0 Å². The largest absolute Gasteiger partial charge is 0.430 e. The average molecular weight is 561 g/mol. The number of esters is 1. The number of ether oxygens (including phenoxy) is 1. The first-order valence-corrected chi connectivity index (χ1v) is 18.7. The summed E-state index contributed by atoms with van der Waals surface area (Å²) in [6.07, 6.45) is 46.2. The summed E-state index contributed by atoms with van der Waals surface area (Å²) in [7, 11) is 0. The molecule has 236 valence electrons. The minimum atomic E-state index is 0.0214. The number of hydrogen-bond acceptors (Lipinski definition) is 2. The molecular weight excluding hydrogens is 488 g/mol. The van der Waals surface area contributed by atoms with Gasteiger partial charge in [-0.1, -0.05) is 200 Å². The maximum atomic E-state index is 11.9. The molecule has 1 fully saturated rings. The molecule has 0 N–H and O–H groups in total. The molecule has 0 spiro atoms. The number of cyclic esters (lactones) is 1. The summed E-state index contributed by atoms with van der Waals surface area (Å²) in [5.41, 5.74) is 0. The number of carbonyl (C=O) groups is 1. The van der Waals surface area contributed by atoms with Gasteiger partial charge in [0.25, 0.3) is 0 Å². The fourth-order valence-electron chi connectivity index (χ4n) is 6.24. The Morgan fingerprint density at radius 2 is 0.750 bits per heavy atom. The lowest BCUT2D eigenvalue weighted by Crippen LogP contribution is -2.32. The molecule has 0 aromatic carbocycles. The highest BCUT2D eigenvalue weighted by molar-refractivity contribution is 5.82. The smallest absolute Gasteiger partial charge is 0.321 e. The molecule has 0 saturated carbocycles. The van der Waals surface area contributed by atoms with E-state index in [1.54, 1.807) is 0 Å². The molecule has 0 bridgehead atoms. The summed E-state index contributed by atoms with van der Waals surface area (Å²) >= 11 is 0. The first-order valence-electron chi connectivity index (χ1n) is 18.7. The highest BCUT2D eigenvalue weighted by atomic mass is 16.6. The molecule has 0 aliphatic carbocycles. The van der Waals surface area contributed by atoms with E-state index in [4.69, 9.17) is 4.74 Å². The molecule has 2 heteroatoms. The minimum absolute atomic E-state index is 0.0214. The molecule has 1 atom stereocenters. The van der Waals surface area contributed by atoms with Crippen LogP contribution in [0.25, 0.3) is 0 Å². The van der Waals surface area contributed by atoms with Gasteiger partial charge in [0, 0.05) is 0 Å². The monoisotopic (exact) mass is 561 g/mol. The number of rotatable bonds is 32. The van der Waals surface area contributed by atoms with E-state index in [0.717, 1.165) is 18.6 Å². The van der Waals surface area contributed by atoms with E-state index in [0.29, 0.717) is 0 Å². The van der Waals surface area contributed by atoms with Crippen LogP contribution >= 0.6 is 0 Å². The van der Waals surface area contributed by atoms with Gasteiger partial charge in [-0.05, 0) is 25.3 Å². The van der Waals surface area contributed by atoms with Crippen molar-refractivity contribution in [2.45, 2.75) is 219 Å². The van der Waals surface area contributed by atoms with Gasteiger partial charge in [0.1, 0.15) is 11.7 Å². The first-order chi connectivity index (χ1) is 19.8. The molecule has 0 aromatic heterocycles. The Hall–Kier alpha value is -0.790. The number of allylic oxidation sites excluding steroid dienone is 1. The molecule has 40 heavy (non-hydrogen) atoms. The van der Waals surface area contributed by atoms with Gasteiger partial charge in [-0.2, -0.15) is 0 Å². The second-order valence-corrected chi connectivity index (χ2v) is 13.1. The van der Waals surface area contributed by atoms with Gasteiger partial charge in [-0.25, -0.2) is 0 Å². The van der Waals surface area contributed by atoms with E-state index in [1.807, 2.05) is 0 Å². The SMILES string of the molecule is CCCCCCCCCCCCCCCCC/C=C1\OC(=O)C1CCCCCCCCCCCCCCCCC. The molecule has 1 unspecified atom stereocenters. The van der Waals surface area contributed by atoms with E-state index < -0.39 is 0 Å². The second-order valence-electron chi connectivity index (χ2n) is 13.1. The highest BCUT2D eigenvalue weighted by Gasteiger charge is 2.36. The Kier molecular flexibility index (Phi) is 27.6. The summed E-state index contributed by atoms with van der Waals surface area (Å²) in [4.78, 5) is 11.9. The molecule has 0 amide bonds. The molecule has 2 nitrogen and oxygen atoms in total. The van der Waals surface area contributed by atoms with Gasteiger partial charge >= 0.3 is 5.97 Å². The van der Waals surface area contributed by atoms with Crippen LogP contribution in [0.5, 0.6) is 0 Å². The summed E-state index contributed by atoms with van der Waals surface area (Å²) in [5.74, 6) is 1.09. The van der Waals surface area contributed by atoms with Gasteiger partial charge in [-0.15, -0.1) is 0 Å². The van der Waals surface area contributed by atoms with E-state index in [1.165, 1.54) is 193 Å². The molecule has 0 radical (unpaired) electrons. The summed E-state index contributed by atoms with van der Waals surface area (Å²) < 4.78 is 5.37. The van der Waals surface area contributed by atoms with E-state index in [-0.39, 0.29) is 11.9 Å². The Labute approximate surface area is 252 Å². The lowest BCUT2D eigenvalue weighted by atomic mass is 9.93. The Morgan fingerprint density at radius 1 is 0.450 bits per heavy atom. The van der Waals surface area contributed by atoms with Crippen LogP contribution in [0.15, 0.2) is 11.8 Å². The minimum Gasteiger partial charge on any atom is -0.430 e. The summed E-state index contributed by atoms with van der Waals surface area (Å²) in [5, 5.41) is 0. The van der Waals surface area contributed by atoms with Crippen molar-refractivity contribution in [1.29, 1.82) is 0 Å². The van der Waals surface area contributed by atoms with Crippen LogP contribution in [0.1, 0.15) is 219 Å². The fourth-order valence-corrected chi connectivity index (χ4v) is 6.24. The van der Waals surface area contributed by atoms with Crippen molar-refractivity contribution in [3.63, 3.8) is 0 Å². The molecule has 1 aliphatic rings.